The summed E-state index contributed by atoms with van der Waals surface area (Å²) >= 11 is 0. The van der Waals surface area contributed by atoms with Crippen LogP contribution in [0, 0.1) is 5.92 Å². The maximum Gasteiger partial charge on any atom is 0.490 e. The molecule has 0 radical (unpaired) electrons. The first-order chi connectivity index (χ1) is 12.7. The number of carboxylic acid groups (broad SMARTS) is 1. The number of amides is 1. The Hall–Kier alpha value is -1.35. The van der Waals surface area contributed by atoms with Crippen molar-refractivity contribution in [3.8, 4) is 0 Å². The Morgan fingerprint density at radius 2 is 1.74 bits per heavy atom. The molecule has 0 atom stereocenters. The van der Waals surface area contributed by atoms with Crippen molar-refractivity contribution in [1.82, 2.24) is 9.80 Å². The average molecular weight is 394 g/mol. The van der Waals surface area contributed by atoms with Crippen molar-refractivity contribution in [3.63, 3.8) is 0 Å². The van der Waals surface area contributed by atoms with Gasteiger partial charge < -0.3 is 14.7 Å². The number of hydrogen-bond acceptors (Lipinski definition) is 4. The van der Waals surface area contributed by atoms with Gasteiger partial charge in [0.2, 0.25) is 5.91 Å². The van der Waals surface area contributed by atoms with Gasteiger partial charge in [0.15, 0.2) is 0 Å². The first kappa shape index (κ1) is 21.9. The van der Waals surface area contributed by atoms with Gasteiger partial charge in [0.25, 0.3) is 0 Å². The number of carbonyl (C=O) groups excluding carboxylic acids is 1. The van der Waals surface area contributed by atoms with Crippen LogP contribution in [0.1, 0.15) is 45.4 Å². The number of ether oxygens (including phenoxy) is 1. The van der Waals surface area contributed by atoms with Gasteiger partial charge in [-0.15, -0.1) is 0 Å². The Morgan fingerprint density at radius 1 is 1.15 bits per heavy atom. The van der Waals surface area contributed by atoms with Gasteiger partial charge in [-0.3, -0.25) is 9.69 Å². The molecule has 2 heterocycles. The minimum atomic E-state index is -5.08. The summed E-state index contributed by atoms with van der Waals surface area (Å²) in [5.41, 5.74) is 0.422. The van der Waals surface area contributed by atoms with Crippen LogP contribution in [0.4, 0.5) is 13.2 Å². The molecule has 0 bridgehead atoms. The number of alkyl halides is 3. The molecule has 1 saturated carbocycles. The fourth-order valence-electron chi connectivity index (χ4n) is 3.91. The highest BCUT2D eigenvalue weighted by Gasteiger charge is 2.45. The van der Waals surface area contributed by atoms with E-state index >= 15 is 0 Å². The van der Waals surface area contributed by atoms with E-state index < -0.39 is 12.1 Å². The van der Waals surface area contributed by atoms with Crippen LogP contribution in [0.15, 0.2) is 0 Å². The van der Waals surface area contributed by atoms with Gasteiger partial charge in [-0.1, -0.05) is 0 Å². The lowest BCUT2D eigenvalue weighted by Gasteiger charge is -2.45. The molecule has 3 aliphatic rings. The summed E-state index contributed by atoms with van der Waals surface area (Å²) in [6, 6.07) is 0. The number of carbonyl (C=O) groups is 2. The van der Waals surface area contributed by atoms with Crippen molar-refractivity contribution in [2.45, 2.75) is 57.2 Å². The van der Waals surface area contributed by atoms with Crippen molar-refractivity contribution in [2.24, 2.45) is 5.92 Å². The van der Waals surface area contributed by atoms with Crippen LogP contribution in [0.3, 0.4) is 0 Å². The smallest absolute Gasteiger partial charge is 0.475 e. The molecule has 0 aromatic rings. The monoisotopic (exact) mass is 394 g/mol. The number of aliphatic carboxylic acids is 1. The molecule has 0 aromatic carbocycles. The molecule has 1 aliphatic carbocycles. The fraction of sp³-hybridized carbons (Fsp3) is 0.889. The SMILES string of the molecule is CCOCC(=O)N1CCC2(CCCN2CC2CC2)CC1.O=C(O)C(F)(F)F. The molecule has 1 amide bonds. The summed E-state index contributed by atoms with van der Waals surface area (Å²) in [7, 11) is 0. The molecule has 6 nitrogen and oxygen atoms in total. The molecular weight excluding hydrogens is 365 g/mol. The lowest BCUT2D eigenvalue weighted by molar-refractivity contribution is -0.192. The zero-order valence-corrected chi connectivity index (χ0v) is 15.8. The number of nitrogens with zero attached hydrogens (tertiary/aromatic N) is 2. The summed E-state index contributed by atoms with van der Waals surface area (Å²) in [6.45, 7) is 7.26. The van der Waals surface area contributed by atoms with Crippen LogP contribution in [0.2, 0.25) is 0 Å². The fourth-order valence-corrected chi connectivity index (χ4v) is 3.91. The second kappa shape index (κ2) is 9.23. The van der Waals surface area contributed by atoms with Crippen LogP contribution in [0.5, 0.6) is 0 Å². The molecule has 9 heteroatoms. The first-order valence-electron chi connectivity index (χ1n) is 9.58. The van der Waals surface area contributed by atoms with Gasteiger partial charge in [0.1, 0.15) is 6.61 Å². The Bertz CT molecular complexity index is 515. The van der Waals surface area contributed by atoms with Crippen LogP contribution < -0.4 is 0 Å². The second-order valence-corrected chi connectivity index (χ2v) is 7.54. The Morgan fingerprint density at radius 3 is 2.22 bits per heavy atom. The van der Waals surface area contributed by atoms with Gasteiger partial charge in [-0.2, -0.15) is 13.2 Å². The predicted octanol–water partition coefficient (Wildman–Crippen LogP) is 2.52. The quantitative estimate of drug-likeness (QED) is 0.776. The predicted molar refractivity (Wildman–Crippen MR) is 92.3 cm³/mol. The van der Waals surface area contributed by atoms with E-state index in [1.807, 2.05) is 11.8 Å². The third kappa shape index (κ3) is 6.34. The third-order valence-electron chi connectivity index (χ3n) is 5.64. The Labute approximate surface area is 157 Å². The summed E-state index contributed by atoms with van der Waals surface area (Å²) < 4.78 is 37.0. The van der Waals surface area contributed by atoms with E-state index in [1.54, 1.807) is 0 Å². The molecule has 2 saturated heterocycles. The molecule has 3 rings (SSSR count). The molecule has 0 aromatic heterocycles. The largest absolute Gasteiger partial charge is 0.490 e. The van der Waals surface area contributed by atoms with Crippen molar-refractivity contribution in [2.75, 3.05) is 39.4 Å². The minimum absolute atomic E-state index is 0.174. The maximum atomic E-state index is 12.0. The zero-order chi connectivity index (χ0) is 20.1. The van der Waals surface area contributed by atoms with Gasteiger partial charge in [-0.05, 0) is 57.9 Å². The first-order valence-corrected chi connectivity index (χ1v) is 9.58. The highest BCUT2D eigenvalue weighted by atomic mass is 19.4. The number of likely N-dealkylation sites (tertiary alicyclic amines) is 2. The van der Waals surface area contributed by atoms with E-state index in [9.17, 15) is 18.0 Å². The van der Waals surface area contributed by atoms with E-state index in [0.717, 1.165) is 31.8 Å². The zero-order valence-electron chi connectivity index (χ0n) is 15.8. The number of piperidine rings is 1. The summed E-state index contributed by atoms with van der Waals surface area (Å²) in [4.78, 5) is 25.7. The van der Waals surface area contributed by atoms with Crippen LogP contribution in [-0.4, -0.2) is 77.9 Å². The lowest BCUT2D eigenvalue weighted by Crippen LogP contribution is -2.54. The Kier molecular flexibility index (Phi) is 7.50. The molecule has 27 heavy (non-hydrogen) atoms. The van der Waals surface area contributed by atoms with E-state index in [1.165, 1.54) is 38.8 Å². The van der Waals surface area contributed by atoms with Gasteiger partial charge >= 0.3 is 12.1 Å². The van der Waals surface area contributed by atoms with Gasteiger partial charge in [0, 0.05) is 31.8 Å². The third-order valence-corrected chi connectivity index (χ3v) is 5.64. The standard InChI is InChI=1S/C16H28N2O2.C2HF3O2/c1-2-20-13-15(19)17-10-7-16(8-11-17)6-3-9-18(16)12-14-4-5-14;3-2(4,5)1(6)7/h14H,2-13H2,1H3;(H,6,7). The average Bonchev–Trinajstić information content (AvgIpc) is 3.35. The van der Waals surface area contributed by atoms with E-state index in [0.29, 0.717) is 12.1 Å². The van der Waals surface area contributed by atoms with Crippen LogP contribution in [-0.2, 0) is 14.3 Å². The molecule has 156 valence electrons. The number of carboxylic acids is 1. The van der Waals surface area contributed by atoms with Crippen LogP contribution in [0.25, 0.3) is 0 Å². The molecule has 3 fully saturated rings. The summed E-state index contributed by atoms with van der Waals surface area (Å²) in [5.74, 6) is -1.61. The lowest BCUT2D eigenvalue weighted by atomic mass is 9.84. The molecule has 0 unspecified atom stereocenters. The maximum absolute atomic E-state index is 12.0. The molecule has 1 spiro atoms. The van der Waals surface area contributed by atoms with Crippen molar-refractivity contribution in [1.29, 1.82) is 0 Å². The van der Waals surface area contributed by atoms with Crippen molar-refractivity contribution >= 4 is 11.9 Å². The van der Waals surface area contributed by atoms with Crippen molar-refractivity contribution in [3.05, 3.63) is 0 Å². The molecule has 2 aliphatic heterocycles. The molecule has 1 N–H and O–H groups in total. The van der Waals surface area contributed by atoms with E-state index in [4.69, 9.17) is 14.6 Å². The Balaban J connectivity index is 0.000000321. The number of halogens is 3. The number of hydrogen-bond donors (Lipinski definition) is 1. The summed E-state index contributed by atoms with van der Waals surface area (Å²) in [5, 5.41) is 7.12. The van der Waals surface area contributed by atoms with Gasteiger partial charge in [0.05, 0.1) is 0 Å². The van der Waals surface area contributed by atoms with E-state index in [-0.39, 0.29) is 12.5 Å². The number of rotatable bonds is 5. The second-order valence-electron chi connectivity index (χ2n) is 7.54. The topological polar surface area (TPSA) is 70.1 Å². The summed E-state index contributed by atoms with van der Waals surface area (Å²) in [6.07, 6.45) is 2.80. The van der Waals surface area contributed by atoms with E-state index in [2.05, 4.69) is 4.90 Å². The normalized spacial score (nSPS) is 22.4. The minimum Gasteiger partial charge on any atom is -0.475 e. The van der Waals surface area contributed by atoms with Crippen LogP contribution >= 0.6 is 0 Å². The molecular formula is C18H29F3N2O4. The highest BCUT2D eigenvalue weighted by Crippen LogP contribution is 2.41. The van der Waals surface area contributed by atoms with Crippen molar-refractivity contribution < 1.29 is 32.6 Å². The van der Waals surface area contributed by atoms with Gasteiger partial charge in [-0.25, -0.2) is 4.79 Å². The highest BCUT2D eigenvalue weighted by molar-refractivity contribution is 5.77.